The average molecular weight is 301 g/mol. The number of hydrogen-bond acceptors (Lipinski definition) is 3. The highest BCUT2D eigenvalue weighted by atomic mass is 16.2. The molecule has 0 aliphatic carbocycles. The SMILES string of the molecule is CCCNC(=O)Cn1c(=O)ccn(Cc2ccccc2)c1=O. The fraction of sp³-hybridized carbons (Fsp3) is 0.312. The Kier molecular flexibility index (Phi) is 5.30. The predicted molar refractivity (Wildman–Crippen MR) is 83.8 cm³/mol. The van der Waals surface area contributed by atoms with Crippen molar-refractivity contribution in [2.75, 3.05) is 6.54 Å². The zero-order valence-electron chi connectivity index (χ0n) is 12.5. The molecule has 0 atom stereocenters. The number of hydrogen-bond donors (Lipinski definition) is 1. The van der Waals surface area contributed by atoms with E-state index in [-0.39, 0.29) is 12.5 Å². The van der Waals surface area contributed by atoms with Crippen LogP contribution in [0.15, 0.2) is 52.2 Å². The van der Waals surface area contributed by atoms with E-state index in [2.05, 4.69) is 5.32 Å². The molecule has 0 bridgehead atoms. The summed E-state index contributed by atoms with van der Waals surface area (Å²) in [6.07, 6.45) is 2.26. The van der Waals surface area contributed by atoms with Gasteiger partial charge in [-0.15, -0.1) is 0 Å². The average Bonchev–Trinajstić information content (AvgIpc) is 2.53. The highest BCUT2D eigenvalue weighted by molar-refractivity contribution is 5.75. The van der Waals surface area contributed by atoms with Crippen LogP contribution in [0, 0.1) is 0 Å². The fourth-order valence-electron chi connectivity index (χ4n) is 2.07. The summed E-state index contributed by atoms with van der Waals surface area (Å²) in [4.78, 5) is 35.9. The lowest BCUT2D eigenvalue weighted by Crippen LogP contribution is -2.43. The van der Waals surface area contributed by atoms with E-state index >= 15 is 0 Å². The van der Waals surface area contributed by atoms with E-state index in [0.29, 0.717) is 13.1 Å². The minimum absolute atomic E-state index is 0.257. The smallest absolute Gasteiger partial charge is 0.331 e. The Balaban J connectivity index is 2.24. The zero-order chi connectivity index (χ0) is 15.9. The normalized spacial score (nSPS) is 10.4. The van der Waals surface area contributed by atoms with Crippen LogP contribution in [-0.2, 0) is 17.9 Å². The second kappa shape index (κ2) is 7.40. The number of nitrogens with zero attached hydrogens (tertiary/aromatic N) is 2. The molecule has 2 rings (SSSR count). The first-order valence-electron chi connectivity index (χ1n) is 7.22. The van der Waals surface area contributed by atoms with Crippen LogP contribution in [0.1, 0.15) is 18.9 Å². The molecular weight excluding hydrogens is 282 g/mol. The molecule has 2 aromatic rings. The molecule has 1 heterocycles. The second-order valence-corrected chi connectivity index (χ2v) is 4.99. The van der Waals surface area contributed by atoms with Crippen LogP contribution in [-0.4, -0.2) is 21.6 Å². The number of aromatic nitrogens is 2. The minimum Gasteiger partial charge on any atom is -0.355 e. The van der Waals surface area contributed by atoms with Gasteiger partial charge in [0.25, 0.3) is 5.56 Å². The maximum absolute atomic E-state index is 12.3. The number of carbonyl (C=O) groups excluding carboxylic acids is 1. The first-order chi connectivity index (χ1) is 10.6. The van der Waals surface area contributed by atoms with Gasteiger partial charge in [-0.1, -0.05) is 37.3 Å². The van der Waals surface area contributed by atoms with Gasteiger partial charge in [0.15, 0.2) is 0 Å². The van der Waals surface area contributed by atoms with Crippen molar-refractivity contribution in [1.82, 2.24) is 14.5 Å². The van der Waals surface area contributed by atoms with Crippen LogP contribution < -0.4 is 16.6 Å². The topological polar surface area (TPSA) is 73.1 Å². The molecule has 0 fully saturated rings. The van der Waals surface area contributed by atoms with Gasteiger partial charge >= 0.3 is 5.69 Å². The van der Waals surface area contributed by atoms with Crippen LogP contribution in [0.4, 0.5) is 0 Å². The summed E-state index contributed by atoms with van der Waals surface area (Å²) < 4.78 is 2.37. The molecule has 1 aromatic heterocycles. The zero-order valence-corrected chi connectivity index (χ0v) is 12.5. The van der Waals surface area contributed by atoms with Gasteiger partial charge in [0.1, 0.15) is 6.54 Å². The molecule has 116 valence electrons. The summed E-state index contributed by atoms with van der Waals surface area (Å²) in [6.45, 7) is 2.56. The van der Waals surface area contributed by atoms with Crippen molar-refractivity contribution in [2.45, 2.75) is 26.4 Å². The predicted octanol–water partition coefficient (Wildman–Crippen LogP) is 0.584. The van der Waals surface area contributed by atoms with Crippen molar-refractivity contribution in [3.63, 3.8) is 0 Å². The van der Waals surface area contributed by atoms with Crippen molar-refractivity contribution in [3.8, 4) is 0 Å². The molecule has 6 nitrogen and oxygen atoms in total. The molecule has 6 heteroatoms. The van der Waals surface area contributed by atoms with E-state index in [1.165, 1.54) is 16.8 Å². The van der Waals surface area contributed by atoms with Gasteiger partial charge in [-0.2, -0.15) is 0 Å². The molecule has 22 heavy (non-hydrogen) atoms. The summed E-state index contributed by atoms with van der Waals surface area (Å²) in [5.74, 6) is -0.335. The quantitative estimate of drug-likeness (QED) is 0.848. The summed E-state index contributed by atoms with van der Waals surface area (Å²) in [7, 11) is 0. The summed E-state index contributed by atoms with van der Waals surface area (Å²) in [6, 6.07) is 10.8. The molecular formula is C16H19N3O3. The highest BCUT2D eigenvalue weighted by Crippen LogP contribution is 1.99. The van der Waals surface area contributed by atoms with Gasteiger partial charge in [0.05, 0.1) is 6.54 Å². The van der Waals surface area contributed by atoms with Crippen LogP contribution in [0.2, 0.25) is 0 Å². The van der Waals surface area contributed by atoms with Gasteiger partial charge in [-0.25, -0.2) is 4.79 Å². The van der Waals surface area contributed by atoms with E-state index in [1.54, 1.807) is 0 Å². The lowest BCUT2D eigenvalue weighted by Gasteiger charge is -2.10. The lowest BCUT2D eigenvalue weighted by molar-refractivity contribution is -0.121. The maximum atomic E-state index is 12.3. The molecule has 0 saturated carbocycles. The van der Waals surface area contributed by atoms with E-state index in [1.807, 2.05) is 37.3 Å². The van der Waals surface area contributed by atoms with Crippen molar-refractivity contribution in [3.05, 3.63) is 69.0 Å². The molecule has 1 N–H and O–H groups in total. The Morgan fingerprint density at radius 1 is 1.14 bits per heavy atom. The Bertz CT molecular complexity index is 747. The van der Waals surface area contributed by atoms with Crippen molar-refractivity contribution >= 4 is 5.91 Å². The number of carbonyl (C=O) groups is 1. The molecule has 0 saturated heterocycles. The van der Waals surface area contributed by atoms with E-state index in [0.717, 1.165) is 16.6 Å². The van der Waals surface area contributed by atoms with Gasteiger partial charge in [-0.05, 0) is 12.0 Å². The van der Waals surface area contributed by atoms with Gasteiger partial charge < -0.3 is 5.32 Å². The molecule has 0 spiro atoms. The lowest BCUT2D eigenvalue weighted by atomic mass is 10.2. The minimum atomic E-state index is -0.483. The second-order valence-electron chi connectivity index (χ2n) is 4.99. The molecule has 1 aromatic carbocycles. The van der Waals surface area contributed by atoms with E-state index in [4.69, 9.17) is 0 Å². The van der Waals surface area contributed by atoms with Crippen LogP contribution in [0.3, 0.4) is 0 Å². The van der Waals surface area contributed by atoms with Crippen molar-refractivity contribution < 1.29 is 4.79 Å². The molecule has 0 aliphatic heterocycles. The summed E-state index contributed by atoms with van der Waals surface area (Å²) >= 11 is 0. The summed E-state index contributed by atoms with van der Waals surface area (Å²) in [5, 5.41) is 2.66. The summed E-state index contributed by atoms with van der Waals surface area (Å²) in [5.41, 5.74) is -0.00537. The largest absolute Gasteiger partial charge is 0.355 e. The first kappa shape index (κ1) is 15.8. The van der Waals surface area contributed by atoms with Crippen LogP contribution in [0.5, 0.6) is 0 Å². The van der Waals surface area contributed by atoms with Gasteiger partial charge in [0, 0.05) is 18.8 Å². The van der Waals surface area contributed by atoms with E-state index in [9.17, 15) is 14.4 Å². The van der Waals surface area contributed by atoms with Crippen LogP contribution in [0.25, 0.3) is 0 Å². The standard InChI is InChI=1S/C16H19N3O3/c1-2-9-17-14(20)12-19-15(21)8-10-18(16(19)22)11-13-6-4-3-5-7-13/h3-8,10H,2,9,11-12H2,1H3,(H,17,20). The third-order valence-electron chi connectivity index (χ3n) is 3.21. The molecule has 0 radical (unpaired) electrons. The first-order valence-corrected chi connectivity index (χ1v) is 7.22. The van der Waals surface area contributed by atoms with E-state index < -0.39 is 11.2 Å². The third kappa shape index (κ3) is 3.94. The Hall–Kier alpha value is -2.63. The molecule has 0 aliphatic rings. The number of amides is 1. The molecule has 1 amide bonds. The Morgan fingerprint density at radius 3 is 2.55 bits per heavy atom. The van der Waals surface area contributed by atoms with Crippen molar-refractivity contribution in [1.29, 1.82) is 0 Å². The van der Waals surface area contributed by atoms with Crippen molar-refractivity contribution in [2.24, 2.45) is 0 Å². The molecule has 0 unspecified atom stereocenters. The maximum Gasteiger partial charge on any atom is 0.331 e. The highest BCUT2D eigenvalue weighted by Gasteiger charge is 2.09. The third-order valence-corrected chi connectivity index (χ3v) is 3.21. The van der Waals surface area contributed by atoms with Crippen LogP contribution >= 0.6 is 0 Å². The Labute approximate surface area is 128 Å². The van der Waals surface area contributed by atoms with Gasteiger partial charge in [0.2, 0.25) is 5.91 Å². The number of rotatable bonds is 6. The fourth-order valence-corrected chi connectivity index (χ4v) is 2.07. The number of benzene rings is 1. The monoisotopic (exact) mass is 301 g/mol. The van der Waals surface area contributed by atoms with Gasteiger partial charge in [-0.3, -0.25) is 18.7 Å². The Morgan fingerprint density at radius 2 is 1.86 bits per heavy atom. The number of nitrogens with one attached hydrogen (secondary N) is 1.